The van der Waals surface area contributed by atoms with Gasteiger partial charge in [-0.3, -0.25) is 4.79 Å². The van der Waals surface area contributed by atoms with E-state index in [9.17, 15) is 9.59 Å². The molecule has 1 atom stereocenters. The first kappa shape index (κ1) is 27.4. The fourth-order valence-electron chi connectivity index (χ4n) is 3.99. The van der Waals surface area contributed by atoms with Gasteiger partial charge in [0.1, 0.15) is 5.75 Å². The number of benzene rings is 3. The van der Waals surface area contributed by atoms with Crippen LogP contribution in [-0.2, 0) is 11.3 Å². The Bertz CT molecular complexity index is 1150. The fraction of sp³-hybridized carbons (Fsp3) is 0.310. The summed E-state index contributed by atoms with van der Waals surface area (Å²) >= 11 is 0. The van der Waals surface area contributed by atoms with E-state index in [0.717, 1.165) is 12.0 Å². The Balaban J connectivity index is 1.86. The number of amides is 1. The molecule has 1 N–H and O–H groups in total. The van der Waals surface area contributed by atoms with Gasteiger partial charge >= 0.3 is 5.97 Å². The Hall–Kier alpha value is -4.20. The minimum absolute atomic E-state index is 0.175. The summed E-state index contributed by atoms with van der Waals surface area (Å²) < 4.78 is 21.5. The summed E-state index contributed by atoms with van der Waals surface area (Å²) in [5, 5.41) is 8.82. The molecule has 8 heteroatoms. The third-order valence-corrected chi connectivity index (χ3v) is 6.06. The highest BCUT2D eigenvalue weighted by molar-refractivity contribution is 5.95. The van der Waals surface area contributed by atoms with E-state index in [1.807, 2.05) is 30.3 Å². The first-order valence-corrected chi connectivity index (χ1v) is 11.9. The Morgan fingerprint density at radius 2 is 1.51 bits per heavy atom. The van der Waals surface area contributed by atoms with E-state index in [-0.39, 0.29) is 11.8 Å². The second-order valence-electron chi connectivity index (χ2n) is 8.57. The van der Waals surface area contributed by atoms with Crippen LogP contribution < -0.4 is 18.9 Å². The molecule has 0 aliphatic heterocycles. The Labute approximate surface area is 217 Å². The highest BCUT2D eigenvalue weighted by atomic mass is 16.5. The van der Waals surface area contributed by atoms with E-state index in [1.165, 1.54) is 26.9 Å². The van der Waals surface area contributed by atoms with Crippen molar-refractivity contribution in [3.63, 3.8) is 0 Å². The van der Waals surface area contributed by atoms with Crippen molar-refractivity contribution in [1.29, 1.82) is 0 Å². The van der Waals surface area contributed by atoms with E-state index < -0.39 is 12.6 Å². The highest BCUT2D eigenvalue weighted by Crippen LogP contribution is 2.38. The van der Waals surface area contributed by atoms with Crippen LogP contribution in [0.4, 0.5) is 0 Å². The van der Waals surface area contributed by atoms with Gasteiger partial charge in [0, 0.05) is 18.7 Å². The zero-order valence-electron chi connectivity index (χ0n) is 21.6. The Morgan fingerprint density at radius 1 is 0.892 bits per heavy atom. The number of carboxylic acids is 1. The van der Waals surface area contributed by atoms with E-state index in [2.05, 4.69) is 19.1 Å². The maximum atomic E-state index is 13.8. The maximum Gasteiger partial charge on any atom is 0.341 e. The molecular formula is C29H33NO7. The molecule has 0 aromatic heterocycles. The van der Waals surface area contributed by atoms with Gasteiger partial charge in [0.05, 0.1) is 21.3 Å². The monoisotopic (exact) mass is 507 g/mol. The van der Waals surface area contributed by atoms with Crippen LogP contribution in [0.25, 0.3) is 0 Å². The number of aliphatic carboxylic acids is 1. The van der Waals surface area contributed by atoms with E-state index in [1.54, 1.807) is 29.2 Å². The molecule has 0 aliphatic carbocycles. The van der Waals surface area contributed by atoms with Crippen LogP contribution >= 0.6 is 0 Å². The lowest BCUT2D eigenvalue weighted by Crippen LogP contribution is -2.32. The molecule has 0 fully saturated rings. The van der Waals surface area contributed by atoms with Crippen molar-refractivity contribution in [2.75, 3.05) is 34.5 Å². The van der Waals surface area contributed by atoms with Gasteiger partial charge in [-0.25, -0.2) is 4.79 Å². The van der Waals surface area contributed by atoms with E-state index in [4.69, 9.17) is 24.1 Å². The summed E-state index contributed by atoms with van der Waals surface area (Å²) in [7, 11) is 4.54. The smallest absolute Gasteiger partial charge is 0.341 e. The molecule has 1 unspecified atom stereocenters. The van der Waals surface area contributed by atoms with Gasteiger partial charge < -0.3 is 29.0 Å². The van der Waals surface area contributed by atoms with Crippen molar-refractivity contribution in [3.8, 4) is 23.0 Å². The Morgan fingerprint density at radius 3 is 2.05 bits per heavy atom. The van der Waals surface area contributed by atoms with Crippen molar-refractivity contribution < 1.29 is 33.6 Å². The van der Waals surface area contributed by atoms with E-state index in [0.29, 0.717) is 41.7 Å². The molecule has 3 rings (SSSR count). The van der Waals surface area contributed by atoms with Gasteiger partial charge in [0.15, 0.2) is 18.1 Å². The summed E-state index contributed by atoms with van der Waals surface area (Å²) in [6.07, 6.45) is 0.764. The van der Waals surface area contributed by atoms with Crippen LogP contribution in [0.3, 0.4) is 0 Å². The fourth-order valence-corrected chi connectivity index (χ4v) is 3.99. The van der Waals surface area contributed by atoms with Gasteiger partial charge in [-0.1, -0.05) is 49.4 Å². The molecule has 0 bridgehead atoms. The molecule has 0 saturated carbocycles. The van der Waals surface area contributed by atoms with Crippen molar-refractivity contribution in [2.24, 2.45) is 0 Å². The van der Waals surface area contributed by atoms with Gasteiger partial charge in [-0.15, -0.1) is 0 Å². The number of carbonyl (C=O) groups excluding carboxylic acids is 1. The van der Waals surface area contributed by atoms with Crippen molar-refractivity contribution >= 4 is 11.9 Å². The molecule has 0 saturated heterocycles. The molecular weight excluding hydrogens is 474 g/mol. The van der Waals surface area contributed by atoms with Crippen molar-refractivity contribution in [1.82, 2.24) is 4.90 Å². The van der Waals surface area contributed by atoms with Crippen LogP contribution in [0.5, 0.6) is 23.0 Å². The number of rotatable bonds is 13. The quantitative estimate of drug-likeness (QED) is 0.347. The topological polar surface area (TPSA) is 94.5 Å². The van der Waals surface area contributed by atoms with E-state index >= 15 is 0 Å². The zero-order valence-corrected chi connectivity index (χ0v) is 21.6. The molecule has 0 radical (unpaired) electrons. The molecule has 1 amide bonds. The summed E-state index contributed by atoms with van der Waals surface area (Å²) in [5.41, 5.74) is 2.52. The van der Waals surface area contributed by atoms with Gasteiger partial charge in [-0.2, -0.15) is 0 Å². The van der Waals surface area contributed by atoms with Crippen LogP contribution in [0.2, 0.25) is 0 Å². The first-order valence-electron chi connectivity index (χ1n) is 11.9. The number of hydrogen-bond donors (Lipinski definition) is 1. The molecule has 37 heavy (non-hydrogen) atoms. The number of nitrogens with zero attached hydrogens (tertiary/aromatic N) is 1. The van der Waals surface area contributed by atoms with Gasteiger partial charge in [0.2, 0.25) is 5.75 Å². The molecule has 0 aliphatic rings. The maximum absolute atomic E-state index is 13.8. The standard InChI is InChI=1S/C29H33NO7/c1-20(22-8-6-5-7-9-22)14-15-30(18-21-10-12-24(13-11-21)37-19-27(31)32)29(33)23-16-25(34-2)28(36-4)26(17-23)35-3/h5-13,16-17,20H,14-15,18-19H2,1-4H3,(H,31,32). The third-order valence-electron chi connectivity index (χ3n) is 6.06. The SMILES string of the molecule is COc1cc(C(=O)N(CCC(C)c2ccccc2)Cc2ccc(OCC(=O)O)cc2)cc(OC)c1OC. The largest absolute Gasteiger partial charge is 0.493 e. The Kier molecular flexibility index (Phi) is 9.77. The normalized spacial score (nSPS) is 11.4. The summed E-state index contributed by atoms with van der Waals surface area (Å²) in [4.78, 5) is 26.3. The predicted molar refractivity (Wildman–Crippen MR) is 140 cm³/mol. The lowest BCUT2D eigenvalue weighted by Gasteiger charge is -2.25. The number of methoxy groups -OCH3 is 3. The number of carbonyl (C=O) groups is 2. The highest BCUT2D eigenvalue weighted by Gasteiger charge is 2.22. The zero-order chi connectivity index (χ0) is 26.8. The lowest BCUT2D eigenvalue weighted by atomic mass is 9.97. The van der Waals surface area contributed by atoms with Crippen LogP contribution in [0.1, 0.15) is 40.7 Å². The van der Waals surface area contributed by atoms with Crippen LogP contribution in [-0.4, -0.2) is 56.4 Å². The summed E-state index contributed by atoms with van der Waals surface area (Å²) in [6, 6.07) is 20.6. The first-order chi connectivity index (χ1) is 17.9. The molecule has 8 nitrogen and oxygen atoms in total. The minimum atomic E-state index is -1.04. The summed E-state index contributed by atoms with van der Waals surface area (Å²) in [5.74, 6) is 0.715. The number of ether oxygens (including phenoxy) is 4. The van der Waals surface area contributed by atoms with Crippen molar-refractivity contribution in [2.45, 2.75) is 25.8 Å². The molecule has 196 valence electrons. The van der Waals surface area contributed by atoms with Crippen LogP contribution in [0.15, 0.2) is 66.7 Å². The molecule has 3 aromatic rings. The van der Waals surface area contributed by atoms with Gasteiger partial charge in [-0.05, 0) is 47.7 Å². The predicted octanol–water partition coefficient (Wildman–Crippen LogP) is 5.01. The van der Waals surface area contributed by atoms with Crippen LogP contribution in [0, 0.1) is 0 Å². The molecule has 0 heterocycles. The molecule has 0 spiro atoms. The van der Waals surface area contributed by atoms with Gasteiger partial charge in [0.25, 0.3) is 5.91 Å². The number of hydrogen-bond acceptors (Lipinski definition) is 6. The second-order valence-corrected chi connectivity index (χ2v) is 8.57. The minimum Gasteiger partial charge on any atom is -0.493 e. The third kappa shape index (κ3) is 7.39. The summed E-state index contributed by atoms with van der Waals surface area (Å²) in [6.45, 7) is 2.60. The number of carboxylic acid groups (broad SMARTS) is 1. The average Bonchev–Trinajstić information content (AvgIpc) is 2.93. The van der Waals surface area contributed by atoms with Crippen molar-refractivity contribution in [3.05, 3.63) is 83.4 Å². The lowest BCUT2D eigenvalue weighted by molar-refractivity contribution is -0.139. The second kappa shape index (κ2) is 13.2. The molecule has 3 aromatic carbocycles. The average molecular weight is 508 g/mol.